The van der Waals surface area contributed by atoms with Crippen molar-refractivity contribution < 1.29 is 0 Å². The average Bonchev–Trinajstić information content (AvgIpc) is 2.88. The fourth-order valence-corrected chi connectivity index (χ4v) is 2.97. The predicted molar refractivity (Wildman–Crippen MR) is 88.6 cm³/mol. The van der Waals surface area contributed by atoms with Crippen LogP contribution >= 0.6 is 31.9 Å². The molecule has 0 fully saturated rings. The first-order chi connectivity index (χ1) is 10.1. The van der Waals surface area contributed by atoms with Gasteiger partial charge in [0.05, 0.1) is 6.54 Å². The van der Waals surface area contributed by atoms with Gasteiger partial charge in [-0.1, -0.05) is 50.1 Å². The molecule has 0 unspecified atom stereocenters. The molecule has 0 spiro atoms. The number of aromatic nitrogens is 4. The van der Waals surface area contributed by atoms with Gasteiger partial charge in [0, 0.05) is 20.2 Å². The van der Waals surface area contributed by atoms with E-state index in [9.17, 15) is 0 Å². The van der Waals surface area contributed by atoms with Gasteiger partial charge in [0.25, 0.3) is 0 Å². The SMILES string of the molecule is Nc1cc(Br)cc(-c2nnnn2Cc2ccccc2Br)c1. The second kappa shape index (κ2) is 5.95. The Hall–Kier alpha value is -1.73. The molecule has 0 bridgehead atoms. The fourth-order valence-electron chi connectivity index (χ4n) is 2.05. The average molecular weight is 409 g/mol. The molecule has 21 heavy (non-hydrogen) atoms. The molecule has 2 N–H and O–H groups in total. The van der Waals surface area contributed by atoms with Crippen LogP contribution in [-0.2, 0) is 6.54 Å². The molecule has 3 aromatic rings. The molecule has 2 aromatic carbocycles. The lowest BCUT2D eigenvalue weighted by Gasteiger charge is -2.07. The van der Waals surface area contributed by atoms with Crippen molar-refractivity contribution in [2.75, 3.05) is 5.73 Å². The third-order valence-corrected chi connectivity index (χ3v) is 4.22. The first-order valence-electron chi connectivity index (χ1n) is 6.19. The van der Waals surface area contributed by atoms with E-state index in [1.54, 1.807) is 4.68 Å². The summed E-state index contributed by atoms with van der Waals surface area (Å²) in [7, 11) is 0. The van der Waals surface area contributed by atoms with Crippen LogP contribution in [0.3, 0.4) is 0 Å². The molecule has 0 atom stereocenters. The maximum Gasteiger partial charge on any atom is 0.182 e. The van der Waals surface area contributed by atoms with Gasteiger partial charge < -0.3 is 5.73 Å². The molecular weight excluding hydrogens is 398 g/mol. The molecule has 106 valence electrons. The number of rotatable bonds is 3. The summed E-state index contributed by atoms with van der Waals surface area (Å²) in [6.07, 6.45) is 0. The van der Waals surface area contributed by atoms with Crippen molar-refractivity contribution >= 4 is 37.5 Å². The van der Waals surface area contributed by atoms with E-state index in [0.29, 0.717) is 18.1 Å². The number of benzene rings is 2. The minimum atomic E-state index is 0.580. The van der Waals surface area contributed by atoms with Crippen LogP contribution in [0.1, 0.15) is 5.56 Å². The first-order valence-corrected chi connectivity index (χ1v) is 7.78. The van der Waals surface area contributed by atoms with Gasteiger partial charge in [-0.2, -0.15) is 0 Å². The lowest BCUT2D eigenvalue weighted by molar-refractivity contribution is 0.652. The topological polar surface area (TPSA) is 69.6 Å². The Balaban J connectivity index is 1.99. The molecule has 0 aliphatic rings. The van der Waals surface area contributed by atoms with Crippen molar-refractivity contribution in [3.63, 3.8) is 0 Å². The van der Waals surface area contributed by atoms with Crippen LogP contribution in [0.25, 0.3) is 11.4 Å². The first kappa shape index (κ1) is 14.2. The maximum atomic E-state index is 5.88. The Bertz CT molecular complexity index is 764. The van der Waals surface area contributed by atoms with E-state index >= 15 is 0 Å². The van der Waals surface area contributed by atoms with E-state index in [1.807, 2.05) is 42.5 Å². The van der Waals surface area contributed by atoms with Gasteiger partial charge in [-0.15, -0.1) is 5.10 Å². The maximum absolute atomic E-state index is 5.88. The number of nitrogen functional groups attached to an aromatic ring is 1. The fraction of sp³-hybridized carbons (Fsp3) is 0.0714. The van der Waals surface area contributed by atoms with E-state index in [4.69, 9.17) is 5.73 Å². The largest absolute Gasteiger partial charge is 0.399 e. The third kappa shape index (κ3) is 3.14. The Labute approximate surface area is 138 Å². The number of nitrogens with two attached hydrogens (primary N) is 1. The highest BCUT2D eigenvalue weighted by molar-refractivity contribution is 9.10. The van der Waals surface area contributed by atoms with Gasteiger partial charge in [-0.25, -0.2) is 4.68 Å². The van der Waals surface area contributed by atoms with Crippen LogP contribution < -0.4 is 5.73 Å². The Morgan fingerprint density at radius 3 is 2.67 bits per heavy atom. The summed E-state index contributed by atoms with van der Waals surface area (Å²) in [5.41, 5.74) is 8.52. The summed E-state index contributed by atoms with van der Waals surface area (Å²) >= 11 is 6.97. The zero-order chi connectivity index (χ0) is 14.8. The number of hydrogen-bond donors (Lipinski definition) is 1. The van der Waals surface area contributed by atoms with Gasteiger partial charge in [-0.05, 0) is 40.3 Å². The standard InChI is InChI=1S/C14H11Br2N5/c15-11-5-10(6-12(17)7-11)14-18-19-20-21(14)8-9-3-1-2-4-13(9)16/h1-7H,8,17H2. The van der Waals surface area contributed by atoms with Crippen molar-refractivity contribution in [1.82, 2.24) is 20.2 Å². The number of anilines is 1. The summed E-state index contributed by atoms with van der Waals surface area (Å²) in [6, 6.07) is 13.6. The number of halogens is 2. The zero-order valence-electron chi connectivity index (χ0n) is 10.9. The Morgan fingerprint density at radius 2 is 1.90 bits per heavy atom. The smallest absolute Gasteiger partial charge is 0.182 e. The van der Waals surface area contributed by atoms with Gasteiger partial charge >= 0.3 is 0 Å². The Morgan fingerprint density at radius 1 is 1.10 bits per heavy atom. The Kier molecular flexibility index (Phi) is 4.03. The molecule has 0 radical (unpaired) electrons. The predicted octanol–water partition coefficient (Wildman–Crippen LogP) is 3.50. The van der Waals surface area contributed by atoms with Crippen LogP contribution in [-0.4, -0.2) is 20.2 Å². The third-order valence-electron chi connectivity index (χ3n) is 2.99. The highest BCUT2D eigenvalue weighted by Crippen LogP contribution is 2.25. The molecule has 5 nitrogen and oxygen atoms in total. The van der Waals surface area contributed by atoms with Crippen molar-refractivity contribution in [2.24, 2.45) is 0 Å². The second-order valence-electron chi connectivity index (χ2n) is 4.52. The molecule has 1 aromatic heterocycles. The molecular formula is C14H11Br2N5. The summed E-state index contributed by atoms with van der Waals surface area (Å²) in [6.45, 7) is 0.580. The van der Waals surface area contributed by atoms with Crippen LogP contribution in [0.2, 0.25) is 0 Å². The molecule has 7 heteroatoms. The summed E-state index contributed by atoms with van der Waals surface area (Å²) in [4.78, 5) is 0. The lowest BCUT2D eigenvalue weighted by Crippen LogP contribution is -2.05. The van der Waals surface area contributed by atoms with Gasteiger partial charge in [0.1, 0.15) is 0 Å². The quantitative estimate of drug-likeness (QED) is 0.673. The van der Waals surface area contributed by atoms with Crippen molar-refractivity contribution in [3.8, 4) is 11.4 Å². The molecule has 0 saturated heterocycles. The number of tetrazole rings is 1. The van der Waals surface area contributed by atoms with Crippen LogP contribution in [0.15, 0.2) is 51.4 Å². The number of nitrogens with zero attached hydrogens (tertiary/aromatic N) is 4. The molecule has 0 amide bonds. The lowest BCUT2D eigenvalue weighted by atomic mass is 10.2. The minimum absolute atomic E-state index is 0.580. The van der Waals surface area contributed by atoms with Crippen molar-refractivity contribution in [2.45, 2.75) is 6.54 Å². The van der Waals surface area contributed by atoms with E-state index in [1.165, 1.54) is 0 Å². The molecule has 0 saturated carbocycles. The molecule has 1 heterocycles. The highest BCUT2D eigenvalue weighted by Gasteiger charge is 2.11. The molecule has 0 aliphatic heterocycles. The summed E-state index contributed by atoms with van der Waals surface area (Å²) < 4.78 is 3.68. The van der Waals surface area contributed by atoms with Gasteiger partial charge in [-0.3, -0.25) is 0 Å². The second-order valence-corrected chi connectivity index (χ2v) is 6.29. The van der Waals surface area contributed by atoms with Crippen LogP contribution in [0.5, 0.6) is 0 Å². The summed E-state index contributed by atoms with van der Waals surface area (Å²) in [5.74, 6) is 0.679. The summed E-state index contributed by atoms with van der Waals surface area (Å²) in [5, 5.41) is 11.9. The van der Waals surface area contributed by atoms with Crippen LogP contribution in [0.4, 0.5) is 5.69 Å². The van der Waals surface area contributed by atoms with E-state index < -0.39 is 0 Å². The molecule has 0 aliphatic carbocycles. The van der Waals surface area contributed by atoms with Gasteiger partial charge in [0.15, 0.2) is 5.82 Å². The van der Waals surface area contributed by atoms with Gasteiger partial charge in [0.2, 0.25) is 0 Å². The van der Waals surface area contributed by atoms with Crippen LogP contribution in [0, 0.1) is 0 Å². The van der Waals surface area contributed by atoms with Crippen molar-refractivity contribution in [3.05, 3.63) is 57.0 Å². The van der Waals surface area contributed by atoms with E-state index in [-0.39, 0.29) is 0 Å². The normalized spacial score (nSPS) is 10.8. The highest BCUT2D eigenvalue weighted by atomic mass is 79.9. The zero-order valence-corrected chi connectivity index (χ0v) is 14.0. The monoisotopic (exact) mass is 407 g/mol. The van der Waals surface area contributed by atoms with E-state index in [0.717, 1.165) is 20.1 Å². The molecule has 3 rings (SSSR count). The number of hydrogen-bond acceptors (Lipinski definition) is 4. The minimum Gasteiger partial charge on any atom is -0.399 e. The van der Waals surface area contributed by atoms with Crippen molar-refractivity contribution in [1.29, 1.82) is 0 Å². The van der Waals surface area contributed by atoms with E-state index in [2.05, 4.69) is 47.4 Å².